The zero-order valence-corrected chi connectivity index (χ0v) is 10.9. The number of imidazole rings is 1. The number of H-pyrrole nitrogens is 1. The molecule has 1 aliphatic rings. The Balaban J connectivity index is 1.93. The molecule has 1 aliphatic carbocycles. The highest BCUT2D eigenvalue weighted by molar-refractivity contribution is 6.16. The van der Waals surface area contributed by atoms with Crippen LogP contribution in [-0.4, -0.2) is 9.97 Å². The molecule has 16 heavy (non-hydrogen) atoms. The summed E-state index contributed by atoms with van der Waals surface area (Å²) in [5, 5.41) is 0. The third kappa shape index (κ3) is 2.60. The summed E-state index contributed by atoms with van der Waals surface area (Å²) in [7, 11) is 0. The summed E-state index contributed by atoms with van der Waals surface area (Å²) in [5.41, 5.74) is 1.04. The Morgan fingerprint density at radius 2 is 2.06 bits per heavy atom. The molecular weight excluding hydrogens is 220 g/mol. The van der Waals surface area contributed by atoms with Gasteiger partial charge in [-0.1, -0.05) is 13.8 Å². The first kappa shape index (κ1) is 12.0. The van der Waals surface area contributed by atoms with Crippen LogP contribution < -0.4 is 0 Å². The van der Waals surface area contributed by atoms with E-state index in [1.165, 1.54) is 25.7 Å². The van der Waals surface area contributed by atoms with Crippen LogP contribution in [0.5, 0.6) is 0 Å². The van der Waals surface area contributed by atoms with E-state index in [0.717, 1.165) is 23.4 Å². The van der Waals surface area contributed by atoms with Crippen LogP contribution in [0.25, 0.3) is 0 Å². The Kier molecular flexibility index (Phi) is 3.91. The van der Waals surface area contributed by atoms with Crippen molar-refractivity contribution in [3.05, 3.63) is 17.7 Å². The van der Waals surface area contributed by atoms with Gasteiger partial charge in [0.1, 0.15) is 5.82 Å². The van der Waals surface area contributed by atoms with Crippen LogP contribution >= 0.6 is 11.6 Å². The summed E-state index contributed by atoms with van der Waals surface area (Å²) in [6.45, 7) is 4.67. The third-order valence-electron chi connectivity index (χ3n) is 3.89. The van der Waals surface area contributed by atoms with Crippen molar-refractivity contribution in [2.24, 2.45) is 11.8 Å². The van der Waals surface area contributed by atoms with E-state index in [1.54, 1.807) is 0 Å². The number of nitrogens with one attached hydrogen (secondary N) is 1. The second-order valence-electron chi connectivity index (χ2n) is 5.28. The highest BCUT2D eigenvalue weighted by Gasteiger charge is 2.25. The van der Waals surface area contributed by atoms with E-state index in [2.05, 4.69) is 23.8 Å². The van der Waals surface area contributed by atoms with Crippen molar-refractivity contribution in [1.82, 2.24) is 9.97 Å². The second kappa shape index (κ2) is 5.22. The van der Waals surface area contributed by atoms with Crippen molar-refractivity contribution in [3.8, 4) is 0 Å². The molecule has 0 aromatic carbocycles. The fraction of sp³-hybridized carbons (Fsp3) is 0.769. The van der Waals surface area contributed by atoms with E-state index in [1.807, 2.05) is 6.20 Å². The minimum absolute atomic E-state index is 0.536. The van der Waals surface area contributed by atoms with Crippen LogP contribution in [-0.2, 0) is 5.88 Å². The first-order valence-electron chi connectivity index (χ1n) is 6.30. The summed E-state index contributed by atoms with van der Waals surface area (Å²) in [6, 6.07) is 0. The molecule has 90 valence electrons. The largest absolute Gasteiger partial charge is 0.345 e. The number of aromatic amines is 1. The first-order valence-corrected chi connectivity index (χ1v) is 6.84. The summed E-state index contributed by atoms with van der Waals surface area (Å²) in [6.07, 6.45) is 7.12. The van der Waals surface area contributed by atoms with Crippen molar-refractivity contribution < 1.29 is 0 Å². The van der Waals surface area contributed by atoms with Gasteiger partial charge < -0.3 is 4.98 Å². The zero-order valence-electron chi connectivity index (χ0n) is 10.2. The van der Waals surface area contributed by atoms with Gasteiger partial charge in [-0.2, -0.15) is 0 Å². The maximum atomic E-state index is 5.77. The van der Waals surface area contributed by atoms with Gasteiger partial charge in [-0.05, 0) is 37.5 Å². The maximum absolute atomic E-state index is 5.77. The number of nitrogens with zero attached hydrogens (tertiary/aromatic N) is 1. The molecule has 1 heterocycles. The Morgan fingerprint density at radius 1 is 1.38 bits per heavy atom. The molecule has 0 radical (unpaired) electrons. The minimum atomic E-state index is 0.536. The normalized spacial score (nSPS) is 26.2. The lowest BCUT2D eigenvalue weighted by Crippen LogP contribution is -2.18. The van der Waals surface area contributed by atoms with Crippen LogP contribution in [0.4, 0.5) is 0 Å². The van der Waals surface area contributed by atoms with Gasteiger partial charge in [-0.3, -0.25) is 0 Å². The molecule has 1 aromatic heterocycles. The first-order chi connectivity index (χ1) is 7.70. The van der Waals surface area contributed by atoms with Crippen molar-refractivity contribution >= 4 is 11.6 Å². The summed E-state index contributed by atoms with van der Waals surface area (Å²) in [4.78, 5) is 7.77. The average molecular weight is 241 g/mol. The van der Waals surface area contributed by atoms with Gasteiger partial charge in [-0.25, -0.2) is 4.98 Å². The number of hydrogen-bond donors (Lipinski definition) is 1. The molecule has 0 unspecified atom stereocenters. The van der Waals surface area contributed by atoms with Crippen LogP contribution in [0.3, 0.4) is 0 Å². The summed E-state index contributed by atoms with van der Waals surface area (Å²) in [5.74, 6) is 4.06. The standard InChI is InChI=1S/C13H21ClN2/c1-9(2)10-3-5-11(6-4-10)13-15-8-12(7-14)16-13/h8-11H,3-7H2,1-2H3,(H,15,16). The molecule has 0 spiro atoms. The van der Waals surface area contributed by atoms with E-state index in [-0.39, 0.29) is 0 Å². The van der Waals surface area contributed by atoms with Crippen LogP contribution in [0.2, 0.25) is 0 Å². The quantitative estimate of drug-likeness (QED) is 0.793. The molecule has 2 rings (SSSR count). The van der Waals surface area contributed by atoms with Crippen molar-refractivity contribution in [2.45, 2.75) is 51.3 Å². The van der Waals surface area contributed by atoms with E-state index in [9.17, 15) is 0 Å². The smallest absolute Gasteiger partial charge is 0.109 e. The molecule has 1 N–H and O–H groups in total. The molecule has 0 bridgehead atoms. The molecule has 1 aromatic rings. The third-order valence-corrected chi connectivity index (χ3v) is 4.18. The number of rotatable bonds is 3. The highest BCUT2D eigenvalue weighted by atomic mass is 35.5. The molecule has 3 heteroatoms. The fourth-order valence-electron chi connectivity index (χ4n) is 2.71. The van der Waals surface area contributed by atoms with Crippen LogP contribution in [0.1, 0.15) is 57.0 Å². The monoisotopic (exact) mass is 240 g/mol. The molecule has 1 fully saturated rings. The van der Waals surface area contributed by atoms with E-state index in [4.69, 9.17) is 11.6 Å². The van der Waals surface area contributed by atoms with Crippen LogP contribution in [0, 0.1) is 11.8 Å². The maximum Gasteiger partial charge on any atom is 0.109 e. The molecular formula is C13H21ClN2. The number of halogens is 1. The van der Waals surface area contributed by atoms with Crippen molar-refractivity contribution in [1.29, 1.82) is 0 Å². The van der Waals surface area contributed by atoms with Gasteiger partial charge in [0.25, 0.3) is 0 Å². The number of aromatic nitrogens is 2. The molecule has 0 saturated heterocycles. The predicted octanol–water partition coefficient (Wildman–Crippen LogP) is 4.08. The topological polar surface area (TPSA) is 28.7 Å². The van der Waals surface area contributed by atoms with Gasteiger partial charge in [0, 0.05) is 17.8 Å². The average Bonchev–Trinajstić information content (AvgIpc) is 2.77. The van der Waals surface area contributed by atoms with E-state index >= 15 is 0 Å². The van der Waals surface area contributed by atoms with Crippen molar-refractivity contribution in [3.63, 3.8) is 0 Å². The summed E-state index contributed by atoms with van der Waals surface area (Å²) >= 11 is 5.77. The predicted molar refractivity (Wildman–Crippen MR) is 67.7 cm³/mol. The molecule has 2 nitrogen and oxygen atoms in total. The summed E-state index contributed by atoms with van der Waals surface area (Å²) < 4.78 is 0. The molecule has 0 atom stereocenters. The Morgan fingerprint density at radius 3 is 2.56 bits per heavy atom. The Bertz CT molecular complexity index is 324. The van der Waals surface area contributed by atoms with E-state index < -0.39 is 0 Å². The fourth-order valence-corrected chi connectivity index (χ4v) is 2.85. The lowest BCUT2D eigenvalue weighted by atomic mass is 9.77. The SMILES string of the molecule is CC(C)C1CCC(c2ncc(CCl)[nH]2)CC1. The lowest BCUT2D eigenvalue weighted by Gasteiger charge is -2.29. The zero-order chi connectivity index (χ0) is 11.5. The van der Waals surface area contributed by atoms with Gasteiger partial charge in [0.05, 0.1) is 5.88 Å². The molecule has 0 amide bonds. The van der Waals surface area contributed by atoms with E-state index in [0.29, 0.717) is 11.8 Å². The van der Waals surface area contributed by atoms with Gasteiger partial charge in [0.15, 0.2) is 0 Å². The van der Waals surface area contributed by atoms with Gasteiger partial charge >= 0.3 is 0 Å². The lowest BCUT2D eigenvalue weighted by molar-refractivity contribution is 0.255. The molecule has 1 saturated carbocycles. The Labute approximate surface area is 103 Å². The van der Waals surface area contributed by atoms with Crippen molar-refractivity contribution in [2.75, 3.05) is 0 Å². The van der Waals surface area contributed by atoms with Gasteiger partial charge in [0.2, 0.25) is 0 Å². The number of alkyl halides is 1. The van der Waals surface area contributed by atoms with Crippen LogP contribution in [0.15, 0.2) is 6.20 Å². The number of hydrogen-bond acceptors (Lipinski definition) is 1. The second-order valence-corrected chi connectivity index (χ2v) is 5.55. The Hall–Kier alpha value is -0.500. The highest BCUT2D eigenvalue weighted by Crippen LogP contribution is 2.37. The van der Waals surface area contributed by atoms with Gasteiger partial charge in [-0.15, -0.1) is 11.6 Å². The minimum Gasteiger partial charge on any atom is -0.345 e. The molecule has 0 aliphatic heterocycles.